The monoisotopic (exact) mass is 560 g/mol. The van der Waals surface area contributed by atoms with E-state index in [1.807, 2.05) is 30.3 Å². The van der Waals surface area contributed by atoms with Crippen molar-refractivity contribution in [2.75, 3.05) is 6.54 Å². The summed E-state index contributed by atoms with van der Waals surface area (Å²) >= 11 is 0. The van der Waals surface area contributed by atoms with Crippen molar-refractivity contribution in [3.8, 4) is 11.1 Å². The first-order valence-corrected chi connectivity index (χ1v) is 13.4. The van der Waals surface area contributed by atoms with Crippen molar-refractivity contribution in [1.29, 1.82) is 0 Å². The quantitative estimate of drug-likeness (QED) is 0.360. The van der Waals surface area contributed by atoms with Crippen LogP contribution in [0.15, 0.2) is 77.7 Å². The second-order valence-electron chi connectivity index (χ2n) is 10.6. The molecule has 0 spiro atoms. The van der Waals surface area contributed by atoms with E-state index in [1.54, 1.807) is 18.2 Å². The summed E-state index contributed by atoms with van der Waals surface area (Å²) in [6.45, 7) is 0.328. The van der Waals surface area contributed by atoms with E-state index < -0.39 is 23.9 Å². The molecule has 1 aliphatic carbocycles. The molecule has 3 heterocycles. The summed E-state index contributed by atoms with van der Waals surface area (Å²) in [5.74, 6) is 0.0565. The SMILES string of the molecule is O=C([C@@H](O)c1cccc(-c2ccnc(C(F)(F)F)c2)c1)N1CCCc2nc(C3(c4ccccc4)CC3)[nH]c(=O)c2C1. The van der Waals surface area contributed by atoms with Crippen LogP contribution in [0.4, 0.5) is 13.2 Å². The van der Waals surface area contributed by atoms with Gasteiger partial charge in [0.25, 0.3) is 11.5 Å². The van der Waals surface area contributed by atoms with Gasteiger partial charge in [0, 0.05) is 12.7 Å². The van der Waals surface area contributed by atoms with Crippen molar-refractivity contribution >= 4 is 5.91 Å². The number of aliphatic hydroxyl groups is 1. The highest BCUT2D eigenvalue weighted by molar-refractivity contribution is 5.83. The molecule has 210 valence electrons. The average molecular weight is 561 g/mol. The molecule has 2 aromatic carbocycles. The Kier molecular flexibility index (Phi) is 6.73. The van der Waals surface area contributed by atoms with Gasteiger partial charge in [-0.1, -0.05) is 48.5 Å². The van der Waals surface area contributed by atoms with Crippen LogP contribution < -0.4 is 5.56 Å². The lowest BCUT2D eigenvalue weighted by atomic mass is 9.94. The van der Waals surface area contributed by atoms with E-state index in [0.717, 1.165) is 30.7 Å². The van der Waals surface area contributed by atoms with E-state index in [-0.39, 0.29) is 28.6 Å². The lowest BCUT2D eigenvalue weighted by Gasteiger charge is -2.24. The van der Waals surface area contributed by atoms with E-state index in [9.17, 15) is 27.9 Å². The van der Waals surface area contributed by atoms with Gasteiger partial charge in [0.15, 0.2) is 6.10 Å². The summed E-state index contributed by atoms with van der Waals surface area (Å²) < 4.78 is 39.4. The Morgan fingerprint density at radius 3 is 2.51 bits per heavy atom. The van der Waals surface area contributed by atoms with E-state index in [2.05, 4.69) is 9.97 Å². The number of rotatable bonds is 5. The highest BCUT2D eigenvalue weighted by Crippen LogP contribution is 2.52. The normalized spacial score (nSPS) is 16.9. The number of nitrogens with one attached hydrogen (secondary N) is 1. The number of halogens is 3. The number of fused-ring (bicyclic) bond motifs is 1. The summed E-state index contributed by atoms with van der Waals surface area (Å²) in [5.41, 5.74) is 1.47. The molecular weight excluding hydrogens is 533 g/mol. The number of pyridine rings is 1. The van der Waals surface area contributed by atoms with Crippen LogP contribution in [0.2, 0.25) is 0 Å². The Balaban J connectivity index is 1.24. The first-order chi connectivity index (χ1) is 19.7. The predicted molar refractivity (Wildman–Crippen MR) is 145 cm³/mol. The zero-order valence-corrected chi connectivity index (χ0v) is 22.0. The largest absolute Gasteiger partial charge is 0.433 e. The fourth-order valence-electron chi connectivity index (χ4n) is 5.55. The number of hydrogen-bond acceptors (Lipinski definition) is 5. The molecule has 6 rings (SSSR count). The summed E-state index contributed by atoms with van der Waals surface area (Å²) in [4.78, 5) is 39.4. The second-order valence-corrected chi connectivity index (χ2v) is 10.6. The number of carbonyl (C=O) groups excluding carboxylic acids is 1. The molecule has 4 aromatic rings. The van der Waals surface area contributed by atoms with Crippen LogP contribution in [-0.4, -0.2) is 37.4 Å². The van der Waals surface area contributed by atoms with E-state index in [1.165, 1.54) is 17.0 Å². The Morgan fingerprint density at radius 2 is 1.78 bits per heavy atom. The van der Waals surface area contributed by atoms with Gasteiger partial charge in [0.2, 0.25) is 0 Å². The molecule has 1 atom stereocenters. The lowest BCUT2D eigenvalue weighted by Crippen LogP contribution is -2.36. The van der Waals surface area contributed by atoms with Gasteiger partial charge in [-0.05, 0) is 66.1 Å². The third kappa shape index (κ3) is 5.15. The van der Waals surface area contributed by atoms with Gasteiger partial charge in [-0.25, -0.2) is 4.98 Å². The number of aromatic amines is 1. The van der Waals surface area contributed by atoms with E-state index in [4.69, 9.17) is 4.98 Å². The minimum absolute atomic E-state index is 0.00512. The van der Waals surface area contributed by atoms with Crippen molar-refractivity contribution in [3.63, 3.8) is 0 Å². The third-order valence-electron chi connectivity index (χ3n) is 7.95. The smallest absolute Gasteiger partial charge is 0.378 e. The van der Waals surface area contributed by atoms with Gasteiger partial charge in [0.1, 0.15) is 11.5 Å². The molecule has 2 aliphatic rings. The van der Waals surface area contributed by atoms with Crippen LogP contribution in [0.1, 0.15) is 59.3 Å². The number of benzene rings is 2. The van der Waals surface area contributed by atoms with Gasteiger partial charge >= 0.3 is 6.18 Å². The molecule has 1 aliphatic heterocycles. The maximum absolute atomic E-state index is 13.4. The van der Waals surface area contributed by atoms with Gasteiger partial charge in [-0.3, -0.25) is 14.6 Å². The lowest BCUT2D eigenvalue weighted by molar-refractivity contribution is -0.141. The van der Waals surface area contributed by atoms with Crippen LogP contribution in [0.3, 0.4) is 0 Å². The third-order valence-corrected chi connectivity index (χ3v) is 7.95. The summed E-state index contributed by atoms with van der Waals surface area (Å²) in [6.07, 6.45) is -2.20. The van der Waals surface area contributed by atoms with Crippen LogP contribution in [-0.2, 0) is 29.4 Å². The maximum atomic E-state index is 13.4. The zero-order valence-electron chi connectivity index (χ0n) is 22.0. The first kappa shape index (κ1) is 26.9. The number of amides is 1. The van der Waals surface area contributed by atoms with E-state index in [0.29, 0.717) is 42.0 Å². The Hall–Kier alpha value is -4.31. The minimum Gasteiger partial charge on any atom is -0.378 e. The second kappa shape index (κ2) is 10.3. The van der Waals surface area contributed by atoms with Gasteiger partial charge < -0.3 is 15.0 Å². The topological polar surface area (TPSA) is 99.2 Å². The minimum atomic E-state index is -4.60. The van der Waals surface area contributed by atoms with Gasteiger partial charge in [-0.15, -0.1) is 0 Å². The summed E-state index contributed by atoms with van der Waals surface area (Å²) in [6, 6.07) is 18.5. The molecule has 1 saturated carbocycles. The zero-order chi connectivity index (χ0) is 28.8. The number of aryl methyl sites for hydroxylation is 1. The molecule has 1 fully saturated rings. The molecule has 0 bridgehead atoms. The fourth-order valence-corrected chi connectivity index (χ4v) is 5.55. The van der Waals surface area contributed by atoms with Crippen molar-refractivity contribution in [1.82, 2.24) is 19.9 Å². The molecular formula is C31H27F3N4O3. The number of alkyl halides is 3. The molecule has 2 aromatic heterocycles. The number of hydrogen-bond donors (Lipinski definition) is 2. The highest BCUT2D eigenvalue weighted by Gasteiger charge is 2.48. The van der Waals surface area contributed by atoms with Crippen molar-refractivity contribution < 1.29 is 23.1 Å². The summed E-state index contributed by atoms with van der Waals surface area (Å²) in [7, 11) is 0. The van der Waals surface area contributed by atoms with Crippen LogP contribution in [0.25, 0.3) is 11.1 Å². The fraction of sp³-hybridized carbons (Fsp3) is 0.290. The van der Waals surface area contributed by atoms with Crippen LogP contribution in [0.5, 0.6) is 0 Å². The maximum Gasteiger partial charge on any atom is 0.433 e. The van der Waals surface area contributed by atoms with Crippen LogP contribution in [0, 0.1) is 0 Å². The average Bonchev–Trinajstić information content (AvgIpc) is 3.81. The number of H-pyrrole nitrogens is 1. The molecule has 0 unspecified atom stereocenters. The Bertz CT molecular complexity index is 1670. The molecule has 41 heavy (non-hydrogen) atoms. The number of aliphatic hydroxyl groups excluding tert-OH is 1. The van der Waals surface area contributed by atoms with Gasteiger partial charge in [-0.2, -0.15) is 13.2 Å². The molecule has 7 nitrogen and oxygen atoms in total. The number of carbonyl (C=O) groups is 1. The highest BCUT2D eigenvalue weighted by atomic mass is 19.4. The Labute approximate surface area is 233 Å². The van der Waals surface area contributed by atoms with Crippen molar-refractivity contribution in [2.24, 2.45) is 0 Å². The van der Waals surface area contributed by atoms with Gasteiger partial charge in [0.05, 0.1) is 23.2 Å². The predicted octanol–water partition coefficient (Wildman–Crippen LogP) is 4.94. The standard InChI is InChI=1S/C31H27F3N4O3/c32-31(33,34)25-17-20(11-14-35-25)19-6-4-7-21(16-19)26(39)28(41)38-15-5-10-24-23(18-38)27(40)37-29(36-24)30(12-13-30)22-8-2-1-3-9-22/h1-4,6-9,11,14,16-17,26,39H,5,10,12-13,15,18H2,(H,36,37,40)/t26-/m0/s1. The first-order valence-electron chi connectivity index (χ1n) is 13.4. The Morgan fingerprint density at radius 1 is 1.02 bits per heavy atom. The van der Waals surface area contributed by atoms with Crippen LogP contribution >= 0.6 is 0 Å². The molecule has 10 heteroatoms. The molecule has 0 radical (unpaired) electrons. The summed E-state index contributed by atoms with van der Waals surface area (Å²) in [5, 5.41) is 11.0. The van der Waals surface area contributed by atoms with Crippen molar-refractivity contribution in [3.05, 3.63) is 117 Å². The molecule has 1 amide bonds. The number of aromatic nitrogens is 3. The molecule has 0 saturated heterocycles. The van der Waals surface area contributed by atoms with E-state index >= 15 is 0 Å². The molecule has 2 N–H and O–H groups in total. The van der Waals surface area contributed by atoms with Crippen molar-refractivity contribution in [2.45, 2.75) is 49.9 Å². The number of nitrogens with zero attached hydrogens (tertiary/aromatic N) is 3.